The number of hydrogen-bond acceptors (Lipinski definition) is 2. The van der Waals surface area contributed by atoms with Crippen molar-refractivity contribution in [3.05, 3.63) is 0 Å². The second-order valence-corrected chi connectivity index (χ2v) is 4.95. The molecule has 0 aromatic carbocycles. The third kappa shape index (κ3) is 2.67. The van der Waals surface area contributed by atoms with Crippen molar-refractivity contribution in [3.63, 3.8) is 0 Å². The molecule has 0 bridgehead atoms. The van der Waals surface area contributed by atoms with Gasteiger partial charge in [-0.2, -0.15) is 0 Å². The molecule has 0 aromatic rings. The first-order valence-corrected chi connectivity index (χ1v) is 6.57. The van der Waals surface area contributed by atoms with E-state index in [2.05, 4.69) is 17.6 Å². The van der Waals surface area contributed by atoms with Crippen LogP contribution in [0.25, 0.3) is 0 Å². The number of nitrogens with zero attached hydrogens (tertiary/aromatic N) is 1. The third-order valence-corrected chi connectivity index (χ3v) is 3.69. The van der Waals surface area contributed by atoms with E-state index in [1.807, 2.05) is 4.90 Å². The lowest BCUT2D eigenvalue weighted by molar-refractivity contribution is 0.206. The monoisotopic (exact) mass is 225 g/mol. The highest BCUT2D eigenvalue weighted by atomic mass is 16.2. The Hall–Kier alpha value is -0.770. The summed E-state index contributed by atoms with van der Waals surface area (Å²) in [5, 5.41) is 6.51. The van der Waals surface area contributed by atoms with Crippen molar-refractivity contribution in [1.29, 1.82) is 0 Å². The Morgan fingerprint density at radius 1 is 1.50 bits per heavy atom. The Kier molecular flexibility index (Phi) is 4.04. The number of carbonyl (C=O) groups is 1. The number of piperidine rings is 1. The van der Waals surface area contributed by atoms with Gasteiger partial charge in [0.15, 0.2) is 0 Å². The zero-order valence-corrected chi connectivity index (χ0v) is 10.2. The molecular formula is C12H23N3O. The summed E-state index contributed by atoms with van der Waals surface area (Å²) in [4.78, 5) is 13.8. The molecule has 2 amide bonds. The van der Waals surface area contributed by atoms with Gasteiger partial charge in [0.2, 0.25) is 0 Å². The van der Waals surface area contributed by atoms with E-state index >= 15 is 0 Å². The fourth-order valence-electron chi connectivity index (χ4n) is 2.70. The van der Waals surface area contributed by atoms with Crippen molar-refractivity contribution in [1.82, 2.24) is 15.5 Å². The fourth-order valence-corrected chi connectivity index (χ4v) is 2.70. The number of hydrogen-bond donors (Lipinski definition) is 2. The first kappa shape index (κ1) is 11.7. The summed E-state index contributed by atoms with van der Waals surface area (Å²) in [7, 11) is 0. The molecule has 16 heavy (non-hydrogen) atoms. The molecule has 0 aromatic heterocycles. The minimum absolute atomic E-state index is 0.129. The Morgan fingerprint density at radius 2 is 2.38 bits per heavy atom. The Balaban J connectivity index is 1.76. The number of likely N-dealkylation sites (tertiary alicyclic amines) is 1. The van der Waals surface area contributed by atoms with Crippen LogP contribution < -0.4 is 10.6 Å². The number of nitrogens with one attached hydrogen (secondary N) is 2. The van der Waals surface area contributed by atoms with Crippen LogP contribution >= 0.6 is 0 Å². The summed E-state index contributed by atoms with van der Waals surface area (Å²) >= 11 is 0. The minimum atomic E-state index is 0.129. The Labute approximate surface area is 97.8 Å². The maximum Gasteiger partial charge on any atom is 0.317 e. The molecule has 0 saturated carbocycles. The fraction of sp³-hybridized carbons (Fsp3) is 0.917. The molecule has 0 aliphatic carbocycles. The summed E-state index contributed by atoms with van der Waals surface area (Å²) in [5.74, 6) is 0.686. The van der Waals surface area contributed by atoms with Gasteiger partial charge in [0.25, 0.3) is 0 Å². The van der Waals surface area contributed by atoms with Crippen molar-refractivity contribution >= 4 is 6.03 Å². The van der Waals surface area contributed by atoms with E-state index in [1.165, 1.54) is 12.8 Å². The highest BCUT2D eigenvalue weighted by Crippen LogP contribution is 2.24. The van der Waals surface area contributed by atoms with E-state index in [0.717, 1.165) is 39.0 Å². The van der Waals surface area contributed by atoms with Gasteiger partial charge in [-0.3, -0.25) is 0 Å². The third-order valence-electron chi connectivity index (χ3n) is 3.69. The first-order valence-electron chi connectivity index (χ1n) is 6.57. The molecule has 4 nitrogen and oxygen atoms in total. The second-order valence-electron chi connectivity index (χ2n) is 4.95. The van der Waals surface area contributed by atoms with E-state index in [0.29, 0.717) is 12.0 Å². The van der Waals surface area contributed by atoms with Crippen molar-refractivity contribution in [2.75, 3.05) is 26.2 Å². The van der Waals surface area contributed by atoms with Crippen molar-refractivity contribution < 1.29 is 4.79 Å². The molecule has 0 spiro atoms. The molecule has 2 N–H and O–H groups in total. The zero-order chi connectivity index (χ0) is 11.4. The van der Waals surface area contributed by atoms with Crippen molar-refractivity contribution in [2.24, 2.45) is 5.92 Å². The van der Waals surface area contributed by atoms with E-state index in [9.17, 15) is 4.79 Å². The van der Waals surface area contributed by atoms with Gasteiger partial charge in [0, 0.05) is 25.7 Å². The number of unbranched alkanes of at least 4 members (excludes halogenated alkanes) is 1. The van der Waals surface area contributed by atoms with Crippen LogP contribution in [0.4, 0.5) is 4.79 Å². The SMILES string of the molecule is CCCCNC(=O)N1CC2CCCNC2C1. The van der Waals surface area contributed by atoms with E-state index < -0.39 is 0 Å². The number of amides is 2. The van der Waals surface area contributed by atoms with Crippen molar-refractivity contribution in [3.8, 4) is 0 Å². The summed E-state index contributed by atoms with van der Waals surface area (Å²) in [5.41, 5.74) is 0. The lowest BCUT2D eigenvalue weighted by Crippen LogP contribution is -2.42. The number of fused-ring (bicyclic) bond motifs is 1. The molecule has 2 aliphatic rings. The van der Waals surface area contributed by atoms with Crippen LogP contribution in [0.1, 0.15) is 32.6 Å². The van der Waals surface area contributed by atoms with Gasteiger partial charge >= 0.3 is 6.03 Å². The van der Waals surface area contributed by atoms with E-state index in [4.69, 9.17) is 0 Å². The van der Waals surface area contributed by atoms with Crippen LogP contribution in [-0.4, -0.2) is 43.2 Å². The zero-order valence-electron chi connectivity index (χ0n) is 10.2. The van der Waals surface area contributed by atoms with Gasteiger partial charge in [-0.05, 0) is 31.7 Å². The summed E-state index contributed by atoms with van der Waals surface area (Å²) < 4.78 is 0. The van der Waals surface area contributed by atoms with Gasteiger partial charge < -0.3 is 15.5 Å². The highest BCUT2D eigenvalue weighted by Gasteiger charge is 2.36. The number of rotatable bonds is 3. The molecule has 2 heterocycles. The number of urea groups is 1. The smallest absolute Gasteiger partial charge is 0.317 e. The largest absolute Gasteiger partial charge is 0.338 e. The normalized spacial score (nSPS) is 28.9. The summed E-state index contributed by atoms with van der Waals surface area (Å²) in [6.45, 7) is 5.90. The average Bonchev–Trinajstić information content (AvgIpc) is 2.73. The predicted molar refractivity (Wildman–Crippen MR) is 64.4 cm³/mol. The van der Waals surface area contributed by atoms with E-state index in [1.54, 1.807) is 0 Å². The maximum atomic E-state index is 11.9. The molecule has 4 heteroatoms. The molecule has 0 radical (unpaired) electrons. The highest BCUT2D eigenvalue weighted by molar-refractivity contribution is 5.74. The second kappa shape index (κ2) is 5.53. The van der Waals surface area contributed by atoms with Gasteiger partial charge in [-0.1, -0.05) is 13.3 Å². The predicted octanol–water partition coefficient (Wildman–Crippen LogP) is 1.18. The first-order chi connectivity index (χ1) is 7.81. The topological polar surface area (TPSA) is 44.4 Å². The van der Waals surface area contributed by atoms with Gasteiger partial charge in [-0.15, -0.1) is 0 Å². The lowest BCUT2D eigenvalue weighted by Gasteiger charge is -2.24. The van der Waals surface area contributed by atoms with Gasteiger partial charge in [0.05, 0.1) is 0 Å². The van der Waals surface area contributed by atoms with Crippen LogP contribution in [0.3, 0.4) is 0 Å². The summed E-state index contributed by atoms with van der Waals surface area (Å²) in [6.07, 6.45) is 4.74. The van der Waals surface area contributed by atoms with Crippen molar-refractivity contribution in [2.45, 2.75) is 38.6 Å². The van der Waals surface area contributed by atoms with Gasteiger partial charge in [0.1, 0.15) is 0 Å². The van der Waals surface area contributed by atoms with E-state index in [-0.39, 0.29) is 6.03 Å². The molecule has 2 atom stereocenters. The van der Waals surface area contributed by atoms with Crippen LogP contribution in [0.15, 0.2) is 0 Å². The minimum Gasteiger partial charge on any atom is -0.338 e. The molecule has 2 unspecified atom stereocenters. The molecular weight excluding hydrogens is 202 g/mol. The lowest BCUT2D eigenvalue weighted by atomic mass is 9.94. The van der Waals surface area contributed by atoms with Crippen LogP contribution in [0.2, 0.25) is 0 Å². The molecule has 92 valence electrons. The number of carbonyl (C=O) groups excluding carboxylic acids is 1. The molecule has 2 rings (SSSR count). The molecule has 2 fully saturated rings. The quantitative estimate of drug-likeness (QED) is 0.708. The van der Waals surface area contributed by atoms with Gasteiger partial charge in [-0.25, -0.2) is 4.79 Å². The van der Waals surface area contributed by atoms with Crippen LogP contribution in [0.5, 0.6) is 0 Å². The molecule has 2 saturated heterocycles. The summed E-state index contributed by atoms with van der Waals surface area (Å²) in [6, 6.07) is 0.676. The van der Waals surface area contributed by atoms with Crippen LogP contribution in [-0.2, 0) is 0 Å². The Bertz CT molecular complexity index is 230. The average molecular weight is 225 g/mol. The Morgan fingerprint density at radius 3 is 3.12 bits per heavy atom. The maximum absolute atomic E-state index is 11.9. The standard InChI is InChI=1S/C12H23N3O/c1-2-3-6-14-12(16)15-8-10-5-4-7-13-11(10)9-15/h10-11,13H,2-9H2,1H3,(H,14,16). The molecule has 2 aliphatic heterocycles. The van der Waals surface area contributed by atoms with Crippen LogP contribution in [0, 0.1) is 5.92 Å².